The number of amides is 1. The molecule has 1 aliphatic carbocycles. The third-order valence-corrected chi connectivity index (χ3v) is 3.59. The largest absolute Gasteiger partial charge is 0.489 e. The highest BCUT2D eigenvalue weighted by Crippen LogP contribution is 2.34. The maximum atomic E-state index is 10.6. The van der Waals surface area contributed by atoms with E-state index < -0.39 is 6.09 Å². The number of rotatable bonds is 6. The lowest BCUT2D eigenvalue weighted by molar-refractivity contribution is 0.126. The molecule has 1 saturated carbocycles. The average Bonchev–Trinajstić information content (AvgIpc) is 3.38. The van der Waals surface area contributed by atoms with Crippen LogP contribution >= 0.6 is 11.6 Å². The molecule has 124 valence electrons. The van der Waals surface area contributed by atoms with E-state index in [9.17, 15) is 4.79 Å². The second-order valence-electron chi connectivity index (χ2n) is 5.25. The van der Waals surface area contributed by atoms with Gasteiger partial charge in [0.1, 0.15) is 12.1 Å². The maximum Gasteiger partial charge on any atom is 0.428 e. The van der Waals surface area contributed by atoms with Crippen LogP contribution in [0.5, 0.6) is 5.75 Å². The molecule has 0 spiro atoms. The predicted molar refractivity (Wildman–Crippen MR) is 89.0 cm³/mol. The van der Waals surface area contributed by atoms with Crippen LogP contribution in [0.4, 0.5) is 4.79 Å². The molecule has 0 unspecified atom stereocenters. The van der Waals surface area contributed by atoms with Gasteiger partial charge in [0, 0.05) is 5.56 Å². The third kappa shape index (κ3) is 3.94. The van der Waals surface area contributed by atoms with Crippen molar-refractivity contribution in [1.82, 2.24) is 15.4 Å². The van der Waals surface area contributed by atoms with Crippen LogP contribution < -0.4 is 16.0 Å². The number of nitrogens with one attached hydrogen (secondary N) is 1. The van der Waals surface area contributed by atoms with E-state index >= 15 is 0 Å². The number of carbonyl (C=O) groups is 1. The summed E-state index contributed by atoms with van der Waals surface area (Å²) < 4.78 is 5.71. The van der Waals surface area contributed by atoms with Crippen molar-refractivity contribution in [2.75, 3.05) is 0 Å². The summed E-state index contributed by atoms with van der Waals surface area (Å²) in [7, 11) is 0. The number of halogens is 1. The Balaban J connectivity index is 1.79. The van der Waals surface area contributed by atoms with Gasteiger partial charge in [-0.15, -0.1) is 0 Å². The molecule has 0 saturated heterocycles. The van der Waals surface area contributed by atoms with Gasteiger partial charge in [-0.05, 0) is 37.1 Å². The maximum absolute atomic E-state index is 10.6. The molecular formula is C16H15ClN4O3. The Morgan fingerprint density at radius 3 is 2.79 bits per heavy atom. The smallest absolute Gasteiger partial charge is 0.428 e. The van der Waals surface area contributed by atoms with E-state index in [2.05, 4.69) is 26.9 Å². The molecule has 7 nitrogen and oxygen atoms in total. The summed E-state index contributed by atoms with van der Waals surface area (Å²) in [5.41, 5.74) is 9.38. The van der Waals surface area contributed by atoms with Crippen LogP contribution in [0.25, 0.3) is 17.0 Å². The first-order valence-corrected chi connectivity index (χ1v) is 7.61. The standard InChI is InChI=1S/C16H15ClN4O3/c1-9(21-24-16(18)22)13-7-14(20-8-19-13)10-2-5-15(12(17)6-10)23-11-3-4-11/h2,5-8,11,21H,1,3-4H2,(H2,18,22). The monoisotopic (exact) mass is 346 g/mol. The van der Waals surface area contributed by atoms with Crippen molar-refractivity contribution in [3.63, 3.8) is 0 Å². The van der Waals surface area contributed by atoms with Crippen LogP contribution in [0.3, 0.4) is 0 Å². The highest BCUT2D eigenvalue weighted by atomic mass is 35.5. The summed E-state index contributed by atoms with van der Waals surface area (Å²) in [5, 5.41) is 0.522. The Labute approximate surface area is 143 Å². The first-order chi connectivity index (χ1) is 11.5. The van der Waals surface area contributed by atoms with Gasteiger partial charge in [-0.1, -0.05) is 18.2 Å². The summed E-state index contributed by atoms with van der Waals surface area (Å²) in [6.45, 7) is 3.72. The number of primary amides is 1. The number of nitrogens with two attached hydrogens (primary N) is 1. The Bertz CT molecular complexity index is 793. The van der Waals surface area contributed by atoms with Crippen molar-refractivity contribution in [3.05, 3.63) is 47.9 Å². The van der Waals surface area contributed by atoms with E-state index in [1.54, 1.807) is 12.1 Å². The van der Waals surface area contributed by atoms with Crippen LogP contribution in [-0.2, 0) is 4.84 Å². The van der Waals surface area contributed by atoms with Gasteiger partial charge in [0.15, 0.2) is 0 Å². The number of benzene rings is 1. The zero-order valence-corrected chi connectivity index (χ0v) is 13.4. The average molecular weight is 347 g/mol. The lowest BCUT2D eigenvalue weighted by atomic mass is 10.1. The Hall–Kier alpha value is -2.80. The van der Waals surface area contributed by atoms with E-state index in [1.165, 1.54) is 6.33 Å². The Kier molecular flexibility index (Phi) is 4.52. The van der Waals surface area contributed by atoms with Crippen LogP contribution in [0.15, 0.2) is 37.2 Å². The molecule has 2 aromatic rings. The van der Waals surface area contributed by atoms with Gasteiger partial charge in [0.2, 0.25) is 0 Å². The Morgan fingerprint density at radius 2 is 2.12 bits per heavy atom. The summed E-state index contributed by atoms with van der Waals surface area (Å²) >= 11 is 6.27. The quantitative estimate of drug-likeness (QED) is 0.780. The summed E-state index contributed by atoms with van der Waals surface area (Å²) in [6, 6.07) is 7.15. The second kappa shape index (κ2) is 6.76. The Morgan fingerprint density at radius 1 is 1.33 bits per heavy atom. The van der Waals surface area contributed by atoms with Gasteiger partial charge in [0.25, 0.3) is 0 Å². The van der Waals surface area contributed by atoms with Crippen molar-refractivity contribution < 1.29 is 14.4 Å². The van der Waals surface area contributed by atoms with E-state index in [0.29, 0.717) is 22.2 Å². The number of aromatic nitrogens is 2. The molecule has 24 heavy (non-hydrogen) atoms. The number of carbonyl (C=O) groups excluding carboxylic acids is 1. The van der Waals surface area contributed by atoms with E-state index in [4.69, 9.17) is 22.1 Å². The SMILES string of the molecule is C=C(NOC(N)=O)c1cc(-c2ccc(OC3CC3)c(Cl)c2)ncn1. The molecule has 1 amide bonds. The molecule has 3 N–H and O–H groups in total. The fourth-order valence-corrected chi connectivity index (χ4v) is 2.19. The van der Waals surface area contributed by atoms with Crippen molar-refractivity contribution in [3.8, 4) is 17.0 Å². The molecule has 3 rings (SSSR count). The summed E-state index contributed by atoms with van der Waals surface area (Å²) in [4.78, 5) is 23.4. The van der Waals surface area contributed by atoms with Crippen molar-refractivity contribution in [2.24, 2.45) is 5.73 Å². The molecule has 0 radical (unpaired) electrons. The van der Waals surface area contributed by atoms with Gasteiger partial charge in [-0.2, -0.15) is 0 Å². The van der Waals surface area contributed by atoms with Crippen molar-refractivity contribution >= 4 is 23.4 Å². The number of hydrogen-bond donors (Lipinski definition) is 2. The van der Waals surface area contributed by atoms with E-state index in [1.807, 2.05) is 12.1 Å². The molecule has 0 bridgehead atoms. The minimum atomic E-state index is -0.969. The van der Waals surface area contributed by atoms with Crippen LogP contribution in [0.2, 0.25) is 5.02 Å². The van der Waals surface area contributed by atoms with E-state index in [0.717, 1.165) is 18.4 Å². The van der Waals surface area contributed by atoms with Gasteiger partial charge < -0.3 is 15.3 Å². The lowest BCUT2D eigenvalue weighted by Crippen LogP contribution is -2.23. The van der Waals surface area contributed by atoms with Crippen LogP contribution in [0.1, 0.15) is 18.5 Å². The van der Waals surface area contributed by atoms with Crippen LogP contribution in [0, 0.1) is 0 Å². The molecule has 1 heterocycles. The van der Waals surface area contributed by atoms with E-state index in [-0.39, 0.29) is 11.8 Å². The lowest BCUT2D eigenvalue weighted by Gasteiger charge is -2.10. The summed E-state index contributed by atoms with van der Waals surface area (Å²) in [6.07, 6.45) is 2.82. The second-order valence-corrected chi connectivity index (χ2v) is 5.66. The predicted octanol–water partition coefficient (Wildman–Crippen LogP) is 2.91. The van der Waals surface area contributed by atoms with Gasteiger partial charge in [-0.25, -0.2) is 20.2 Å². The molecular weight excluding hydrogens is 332 g/mol. The molecule has 1 fully saturated rings. The molecule has 0 aliphatic heterocycles. The first kappa shape index (κ1) is 16.1. The molecule has 1 aromatic heterocycles. The minimum absolute atomic E-state index is 0.275. The normalized spacial score (nSPS) is 13.2. The van der Waals surface area contributed by atoms with Crippen LogP contribution in [-0.4, -0.2) is 22.2 Å². The number of ether oxygens (including phenoxy) is 1. The molecule has 8 heteroatoms. The molecule has 0 atom stereocenters. The van der Waals surface area contributed by atoms with Gasteiger partial charge in [0.05, 0.1) is 28.2 Å². The minimum Gasteiger partial charge on any atom is -0.489 e. The summed E-state index contributed by atoms with van der Waals surface area (Å²) in [5.74, 6) is 0.665. The highest BCUT2D eigenvalue weighted by Gasteiger charge is 2.24. The van der Waals surface area contributed by atoms with Gasteiger partial charge in [-0.3, -0.25) is 0 Å². The van der Waals surface area contributed by atoms with Gasteiger partial charge >= 0.3 is 6.09 Å². The number of hydroxylamine groups is 1. The fourth-order valence-electron chi connectivity index (χ4n) is 1.97. The fraction of sp³-hybridized carbons (Fsp3) is 0.188. The number of hydrogen-bond acceptors (Lipinski definition) is 6. The van der Waals surface area contributed by atoms with Crippen molar-refractivity contribution in [2.45, 2.75) is 18.9 Å². The number of nitrogens with zero attached hydrogens (tertiary/aromatic N) is 2. The molecule has 1 aromatic carbocycles. The first-order valence-electron chi connectivity index (χ1n) is 7.23. The topological polar surface area (TPSA) is 99.4 Å². The third-order valence-electron chi connectivity index (χ3n) is 3.30. The molecule has 1 aliphatic rings. The zero-order chi connectivity index (χ0) is 17.1. The highest BCUT2D eigenvalue weighted by molar-refractivity contribution is 6.32. The zero-order valence-electron chi connectivity index (χ0n) is 12.7. The van der Waals surface area contributed by atoms with Crippen molar-refractivity contribution in [1.29, 1.82) is 0 Å².